The Bertz CT molecular complexity index is 1160. The molecule has 1 heterocycles. The average molecular weight is 506 g/mol. The first-order chi connectivity index (χ1) is 14.7. The van der Waals surface area contributed by atoms with Crippen LogP contribution < -0.4 is 9.64 Å². The molecule has 3 aromatic carbocycles. The van der Waals surface area contributed by atoms with E-state index >= 15 is 0 Å². The van der Waals surface area contributed by atoms with Crippen LogP contribution in [0.5, 0.6) is 5.75 Å². The van der Waals surface area contributed by atoms with Gasteiger partial charge in [-0.3, -0.25) is 0 Å². The highest BCUT2D eigenvalue weighted by Gasteiger charge is 2.36. The highest BCUT2D eigenvalue weighted by atomic mass is 127. The monoisotopic (exact) mass is 506 g/mol. The third kappa shape index (κ3) is 3.76. The average Bonchev–Trinajstić information content (AvgIpc) is 2.78. The van der Waals surface area contributed by atoms with Crippen LogP contribution in [-0.2, 0) is 0 Å². The van der Waals surface area contributed by atoms with Crippen LogP contribution >= 0.6 is 22.6 Å². The van der Waals surface area contributed by atoms with Crippen molar-refractivity contribution in [3.05, 3.63) is 96.2 Å². The molecule has 0 radical (unpaired) electrons. The molecule has 1 aliphatic carbocycles. The van der Waals surface area contributed by atoms with Crippen molar-refractivity contribution in [2.45, 2.75) is 22.8 Å². The maximum absolute atomic E-state index is 5.35. The van der Waals surface area contributed by atoms with Crippen molar-refractivity contribution in [2.75, 3.05) is 12.0 Å². The molecule has 2 aliphatic rings. The molecule has 0 amide bonds. The fourth-order valence-corrected chi connectivity index (χ4v) is 4.56. The molecule has 4 heteroatoms. The molecule has 30 heavy (non-hydrogen) atoms. The summed E-state index contributed by atoms with van der Waals surface area (Å²) in [6, 6.07) is 23.9. The Labute approximate surface area is 190 Å². The first-order valence-corrected chi connectivity index (χ1v) is 11.5. The van der Waals surface area contributed by atoms with E-state index in [9.17, 15) is 0 Å². The molecule has 150 valence electrons. The molecule has 0 spiro atoms. The van der Waals surface area contributed by atoms with Crippen LogP contribution in [0.25, 0.3) is 10.8 Å². The lowest BCUT2D eigenvalue weighted by Crippen LogP contribution is -2.47. The Balaban J connectivity index is 1.50. The molecule has 0 saturated carbocycles. The zero-order valence-electron chi connectivity index (χ0n) is 16.8. The third-order valence-electron chi connectivity index (χ3n) is 5.76. The van der Waals surface area contributed by atoms with Gasteiger partial charge in [0, 0.05) is 16.0 Å². The number of hydrogen-bond donors (Lipinski definition) is 0. The van der Waals surface area contributed by atoms with Gasteiger partial charge in [-0.2, -0.15) is 0 Å². The number of rotatable bonds is 4. The Morgan fingerprint density at radius 1 is 1.00 bits per heavy atom. The second-order valence-corrected chi connectivity index (χ2v) is 9.26. The van der Waals surface area contributed by atoms with Gasteiger partial charge in [0.15, 0.2) is 0 Å². The number of halogens is 1. The molecule has 0 N–H and O–H groups in total. The van der Waals surface area contributed by atoms with Crippen molar-refractivity contribution in [3.8, 4) is 5.75 Å². The summed E-state index contributed by atoms with van der Waals surface area (Å²) < 4.78 is 5.92. The summed E-state index contributed by atoms with van der Waals surface area (Å²) in [6.07, 6.45) is 8.59. The Morgan fingerprint density at radius 3 is 2.53 bits per heavy atom. The van der Waals surface area contributed by atoms with E-state index in [1.807, 2.05) is 12.1 Å². The van der Waals surface area contributed by atoms with Crippen molar-refractivity contribution < 1.29 is 4.74 Å². The number of aliphatic imine (C=N–C) groups is 1. The summed E-state index contributed by atoms with van der Waals surface area (Å²) >= 11 is 2.46. The van der Waals surface area contributed by atoms with Crippen LogP contribution in [0, 0.1) is 0 Å². The van der Waals surface area contributed by atoms with E-state index in [4.69, 9.17) is 9.73 Å². The quantitative estimate of drug-likeness (QED) is 0.286. The summed E-state index contributed by atoms with van der Waals surface area (Å²) in [4.78, 5) is 7.35. The van der Waals surface area contributed by atoms with Gasteiger partial charge in [-0.1, -0.05) is 71.1 Å². The van der Waals surface area contributed by atoms with E-state index in [0.29, 0.717) is 3.92 Å². The number of nitrogens with zero attached hydrogens (tertiary/aromatic N) is 2. The summed E-state index contributed by atoms with van der Waals surface area (Å²) in [7, 11) is 1.70. The van der Waals surface area contributed by atoms with E-state index in [0.717, 1.165) is 35.8 Å². The highest BCUT2D eigenvalue weighted by molar-refractivity contribution is 14.1. The van der Waals surface area contributed by atoms with E-state index in [-0.39, 0.29) is 6.04 Å². The number of fused-ring (bicyclic) bond motifs is 1. The lowest BCUT2D eigenvalue weighted by Gasteiger charge is -2.44. The number of anilines is 1. The number of amidine groups is 1. The zero-order chi connectivity index (χ0) is 20.5. The first kappa shape index (κ1) is 19.4. The topological polar surface area (TPSA) is 24.8 Å². The van der Waals surface area contributed by atoms with Gasteiger partial charge in [0.1, 0.15) is 11.6 Å². The minimum absolute atomic E-state index is 0.284. The molecule has 3 aromatic rings. The van der Waals surface area contributed by atoms with Crippen LogP contribution in [0.15, 0.2) is 95.6 Å². The number of methoxy groups -OCH3 is 1. The Hall–Kier alpha value is -2.60. The van der Waals surface area contributed by atoms with Crippen LogP contribution in [0.2, 0.25) is 0 Å². The highest BCUT2D eigenvalue weighted by Crippen LogP contribution is 2.41. The Morgan fingerprint density at radius 2 is 1.80 bits per heavy atom. The zero-order valence-corrected chi connectivity index (χ0v) is 19.0. The molecule has 0 bridgehead atoms. The summed E-state index contributed by atoms with van der Waals surface area (Å²) in [5.41, 5.74) is 3.53. The smallest absolute Gasteiger partial charge is 0.119 e. The van der Waals surface area contributed by atoms with E-state index < -0.39 is 0 Å². The predicted octanol–water partition coefficient (Wildman–Crippen LogP) is 6.85. The fourth-order valence-electron chi connectivity index (χ4n) is 4.10. The second kappa shape index (κ2) is 8.26. The van der Waals surface area contributed by atoms with Crippen molar-refractivity contribution >= 4 is 44.9 Å². The van der Waals surface area contributed by atoms with Gasteiger partial charge >= 0.3 is 0 Å². The second-order valence-electron chi connectivity index (χ2n) is 7.66. The lowest BCUT2D eigenvalue weighted by molar-refractivity contribution is 0.415. The third-order valence-corrected chi connectivity index (χ3v) is 6.68. The predicted molar refractivity (Wildman–Crippen MR) is 134 cm³/mol. The maximum atomic E-state index is 5.35. The number of benzene rings is 3. The van der Waals surface area contributed by atoms with Crippen LogP contribution in [0.3, 0.4) is 0 Å². The molecular formula is C26H23IN2O. The van der Waals surface area contributed by atoms with Crippen LogP contribution in [-0.4, -0.2) is 16.9 Å². The van der Waals surface area contributed by atoms with Crippen LogP contribution in [0.1, 0.15) is 24.4 Å². The van der Waals surface area contributed by atoms with Gasteiger partial charge in [-0.05, 0) is 59.2 Å². The maximum Gasteiger partial charge on any atom is 0.119 e. The molecule has 2 unspecified atom stereocenters. The SMILES string of the molecule is COc1ccc(N2C(=NC3=CCC(I)C=C3)CC2c2ccc3ccccc3c2)cc1. The van der Waals surface area contributed by atoms with Gasteiger partial charge in [-0.25, -0.2) is 4.99 Å². The van der Waals surface area contributed by atoms with Gasteiger partial charge in [0.25, 0.3) is 0 Å². The number of alkyl halides is 1. The van der Waals surface area contributed by atoms with Crippen molar-refractivity contribution in [2.24, 2.45) is 4.99 Å². The van der Waals surface area contributed by atoms with Crippen molar-refractivity contribution in [3.63, 3.8) is 0 Å². The van der Waals surface area contributed by atoms with Gasteiger partial charge < -0.3 is 9.64 Å². The summed E-state index contributed by atoms with van der Waals surface area (Å²) in [5, 5.41) is 2.55. The van der Waals surface area contributed by atoms with Gasteiger partial charge in [-0.15, -0.1) is 0 Å². The molecule has 2 atom stereocenters. The first-order valence-electron chi connectivity index (χ1n) is 10.2. The van der Waals surface area contributed by atoms with Gasteiger partial charge in [0.05, 0.1) is 18.8 Å². The van der Waals surface area contributed by atoms with E-state index in [1.54, 1.807) is 7.11 Å². The van der Waals surface area contributed by atoms with E-state index in [1.165, 1.54) is 16.3 Å². The molecule has 1 aliphatic heterocycles. The van der Waals surface area contributed by atoms with Crippen LogP contribution in [0.4, 0.5) is 5.69 Å². The van der Waals surface area contributed by atoms with Crippen molar-refractivity contribution in [1.82, 2.24) is 0 Å². The molecule has 3 nitrogen and oxygen atoms in total. The molecule has 0 aromatic heterocycles. The molecule has 5 rings (SSSR count). The number of allylic oxidation sites excluding steroid dienone is 3. The largest absolute Gasteiger partial charge is 0.497 e. The molecule has 1 saturated heterocycles. The van der Waals surface area contributed by atoms with Gasteiger partial charge in [0.2, 0.25) is 0 Å². The summed E-state index contributed by atoms with van der Waals surface area (Å²) in [5.74, 6) is 1.98. The fraction of sp³-hybridized carbons (Fsp3) is 0.192. The molecule has 1 fully saturated rings. The van der Waals surface area contributed by atoms with Crippen molar-refractivity contribution in [1.29, 1.82) is 0 Å². The minimum atomic E-state index is 0.284. The number of hydrogen-bond acceptors (Lipinski definition) is 2. The minimum Gasteiger partial charge on any atom is -0.497 e. The lowest BCUT2D eigenvalue weighted by atomic mass is 9.90. The summed E-state index contributed by atoms with van der Waals surface area (Å²) in [6.45, 7) is 0. The standard InChI is InChI=1S/C26H23IN2O/c1-30-24-14-12-23(13-15-24)29-25(17-26(29)28-22-10-8-21(27)9-11-22)20-7-6-18-4-2-3-5-19(18)16-20/h2-8,10-16,21,25H,9,17H2,1H3. The normalized spacial score (nSPS) is 22.1. The Kier molecular flexibility index (Phi) is 5.34. The molecular weight excluding hydrogens is 483 g/mol. The van der Waals surface area contributed by atoms with E-state index in [2.05, 4.69) is 100 Å². The number of ether oxygens (including phenoxy) is 1.